The van der Waals surface area contributed by atoms with E-state index in [9.17, 15) is 9.90 Å². The van der Waals surface area contributed by atoms with E-state index in [1.807, 2.05) is 60.7 Å². The summed E-state index contributed by atoms with van der Waals surface area (Å²) >= 11 is 0. The fourth-order valence-electron chi connectivity index (χ4n) is 4.52. The summed E-state index contributed by atoms with van der Waals surface area (Å²) < 4.78 is 6.28. The second-order valence-electron chi connectivity index (χ2n) is 8.16. The van der Waals surface area contributed by atoms with Gasteiger partial charge in [0.1, 0.15) is 18.4 Å². The van der Waals surface area contributed by atoms with Gasteiger partial charge in [-0.05, 0) is 49.1 Å². The molecule has 1 N–H and O–H groups in total. The van der Waals surface area contributed by atoms with Crippen molar-refractivity contribution in [2.75, 3.05) is 6.54 Å². The summed E-state index contributed by atoms with van der Waals surface area (Å²) in [5, 5.41) is 9.97. The number of aryl methyl sites for hydroxylation is 1. The lowest BCUT2D eigenvalue weighted by Gasteiger charge is -2.40. The third kappa shape index (κ3) is 4.80. The Balaban J connectivity index is 1.75. The smallest absolute Gasteiger partial charge is 0.320 e. The van der Waals surface area contributed by atoms with Crippen molar-refractivity contribution >= 4 is 5.97 Å². The van der Waals surface area contributed by atoms with Crippen molar-refractivity contribution in [3.63, 3.8) is 0 Å². The summed E-state index contributed by atoms with van der Waals surface area (Å²) in [6.45, 7) is 3.32. The standard InChI is InChI=1S/C27H29NO3/c1-20-11-5-6-14-22(20)26(28-18-10-9-16-24(28)27(29)30)23-15-7-8-17-25(23)31-19-21-12-3-2-4-13-21/h2-8,11-15,17,24,26H,9-10,16,18-19H2,1H3,(H,29,30). The van der Waals surface area contributed by atoms with E-state index in [0.717, 1.165) is 47.4 Å². The molecular weight excluding hydrogens is 386 g/mol. The number of rotatable bonds is 7. The first kappa shape index (κ1) is 21.1. The van der Waals surface area contributed by atoms with Gasteiger partial charge in [-0.1, -0.05) is 79.2 Å². The molecule has 0 spiro atoms. The zero-order valence-corrected chi connectivity index (χ0v) is 17.9. The molecule has 0 aliphatic carbocycles. The van der Waals surface area contributed by atoms with Crippen LogP contribution in [0.4, 0.5) is 0 Å². The Hall–Kier alpha value is -3.11. The highest BCUT2D eigenvalue weighted by Crippen LogP contribution is 2.39. The first-order valence-electron chi connectivity index (χ1n) is 10.9. The van der Waals surface area contributed by atoms with E-state index in [-0.39, 0.29) is 6.04 Å². The Labute approximate surface area is 184 Å². The topological polar surface area (TPSA) is 49.8 Å². The number of benzene rings is 3. The molecule has 4 rings (SSSR count). The number of hydrogen-bond donors (Lipinski definition) is 1. The molecule has 31 heavy (non-hydrogen) atoms. The number of carboxylic acids is 1. The van der Waals surface area contributed by atoms with E-state index in [2.05, 4.69) is 30.0 Å². The van der Waals surface area contributed by atoms with Crippen LogP contribution in [0.25, 0.3) is 0 Å². The minimum Gasteiger partial charge on any atom is -0.489 e. The number of piperidine rings is 1. The van der Waals surface area contributed by atoms with Crippen LogP contribution in [0.15, 0.2) is 78.9 Å². The van der Waals surface area contributed by atoms with Gasteiger partial charge >= 0.3 is 5.97 Å². The van der Waals surface area contributed by atoms with Crippen LogP contribution in [-0.4, -0.2) is 28.6 Å². The first-order valence-corrected chi connectivity index (χ1v) is 10.9. The molecule has 4 nitrogen and oxygen atoms in total. The molecule has 1 saturated heterocycles. The quantitative estimate of drug-likeness (QED) is 0.545. The van der Waals surface area contributed by atoms with Gasteiger partial charge in [-0.25, -0.2) is 0 Å². The van der Waals surface area contributed by atoms with Gasteiger partial charge in [0.05, 0.1) is 6.04 Å². The molecule has 1 aliphatic heterocycles. The normalized spacial score (nSPS) is 17.8. The lowest BCUT2D eigenvalue weighted by atomic mass is 9.89. The summed E-state index contributed by atoms with van der Waals surface area (Å²) in [5.41, 5.74) is 4.40. The largest absolute Gasteiger partial charge is 0.489 e. The third-order valence-electron chi connectivity index (χ3n) is 6.09. The second kappa shape index (κ2) is 9.80. The summed E-state index contributed by atoms with van der Waals surface area (Å²) in [6.07, 6.45) is 2.62. The second-order valence-corrected chi connectivity index (χ2v) is 8.16. The van der Waals surface area contributed by atoms with Gasteiger partial charge in [0.2, 0.25) is 0 Å². The van der Waals surface area contributed by atoms with Crippen LogP contribution in [0.5, 0.6) is 5.75 Å². The predicted octanol–water partition coefficient (Wildman–Crippen LogP) is 5.60. The van der Waals surface area contributed by atoms with Gasteiger partial charge in [-0.15, -0.1) is 0 Å². The van der Waals surface area contributed by atoms with Crippen molar-refractivity contribution in [3.05, 3.63) is 101 Å². The van der Waals surface area contributed by atoms with Gasteiger partial charge in [0, 0.05) is 5.56 Å². The van der Waals surface area contributed by atoms with E-state index in [1.54, 1.807) is 0 Å². The molecule has 0 radical (unpaired) electrons. The SMILES string of the molecule is Cc1ccccc1C(c1ccccc1OCc1ccccc1)N1CCCCC1C(=O)O. The summed E-state index contributed by atoms with van der Waals surface area (Å²) in [7, 11) is 0. The molecule has 0 aromatic heterocycles. The van der Waals surface area contributed by atoms with E-state index in [1.165, 1.54) is 0 Å². The molecule has 0 saturated carbocycles. The Bertz CT molecular complexity index is 1020. The molecule has 3 aromatic carbocycles. The number of carbonyl (C=O) groups is 1. The van der Waals surface area contributed by atoms with Crippen LogP contribution in [0, 0.1) is 6.92 Å². The van der Waals surface area contributed by atoms with Gasteiger partial charge in [0.25, 0.3) is 0 Å². The molecule has 160 valence electrons. The molecule has 1 fully saturated rings. The number of likely N-dealkylation sites (tertiary alicyclic amines) is 1. The van der Waals surface area contributed by atoms with E-state index >= 15 is 0 Å². The van der Waals surface area contributed by atoms with Crippen LogP contribution in [0.2, 0.25) is 0 Å². The molecular formula is C27H29NO3. The number of para-hydroxylation sites is 1. The molecule has 2 atom stereocenters. The molecule has 1 heterocycles. The van der Waals surface area contributed by atoms with Crippen molar-refractivity contribution in [1.82, 2.24) is 4.90 Å². The lowest BCUT2D eigenvalue weighted by molar-refractivity contribution is -0.145. The fraction of sp³-hybridized carbons (Fsp3) is 0.296. The van der Waals surface area contributed by atoms with Crippen LogP contribution < -0.4 is 4.74 Å². The molecule has 3 aromatic rings. The minimum absolute atomic E-state index is 0.172. The third-order valence-corrected chi connectivity index (χ3v) is 6.09. The Morgan fingerprint density at radius 1 is 0.968 bits per heavy atom. The Kier molecular flexibility index (Phi) is 6.68. The van der Waals surface area contributed by atoms with Gasteiger partial charge in [-0.2, -0.15) is 0 Å². The van der Waals surface area contributed by atoms with Gasteiger partial charge in [0.15, 0.2) is 0 Å². The van der Waals surface area contributed by atoms with E-state index in [0.29, 0.717) is 13.0 Å². The van der Waals surface area contributed by atoms with Crippen LogP contribution in [-0.2, 0) is 11.4 Å². The summed E-state index contributed by atoms with van der Waals surface area (Å²) in [5.74, 6) is 0.0512. The van der Waals surface area contributed by atoms with Crippen molar-refractivity contribution in [2.45, 2.75) is 44.9 Å². The van der Waals surface area contributed by atoms with Gasteiger partial charge in [-0.3, -0.25) is 9.69 Å². The maximum absolute atomic E-state index is 12.1. The highest BCUT2D eigenvalue weighted by Gasteiger charge is 2.36. The Morgan fingerprint density at radius 2 is 1.65 bits per heavy atom. The number of carboxylic acid groups (broad SMARTS) is 1. The van der Waals surface area contributed by atoms with Crippen molar-refractivity contribution in [2.24, 2.45) is 0 Å². The van der Waals surface area contributed by atoms with E-state index < -0.39 is 12.0 Å². The number of ether oxygens (including phenoxy) is 1. The number of aliphatic carboxylic acids is 1. The first-order chi connectivity index (χ1) is 15.1. The monoisotopic (exact) mass is 415 g/mol. The lowest BCUT2D eigenvalue weighted by Crippen LogP contribution is -2.47. The molecule has 4 heteroatoms. The van der Waals surface area contributed by atoms with E-state index in [4.69, 9.17) is 4.74 Å². The van der Waals surface area contributed by atoms with Crippen molar-refractivity contribution in [1.29, 1.82) is 0 Å². The number of nitrogens with zero attached hydrogens (tertiary/aromatic N) is 1. The average Bonchev–Trinajstić information content (AvgIpc) is 2.81. The zero-order valence-electron chi connectivity index (χ0n) is 17.9. The highest BCUT2D eigenvalue weighted by atomic mass is 16.5. The van der Waals surface area contributed by atoms with Crippen LogP contribution in [0.1, 0.15) is 47.6 Å². The average molecular weight is 416 g/mol. The highest BCUT2D eigenvalue weighted by molar-refractivity contribution is 5.74. The maximum Gasteiger partial charge on any atom is 0.320 e. The molecule has 2 unspecified atom stereocenters. The maximum atomic E-state index is 12.1. The minimum atomic E-state index is -0.749. The van der Waals surface area contributed by atoms with Gasteiger partial charge < -0.3 is 9.84 Å². The molecule has 1 aliphatic rings. The summed E-state index contributed by atoms with van der Waals surface area (Å²) in [6, 6.07) is 25.7. The van der Waals surface area contributed by atoms with Crippen LogP contribution in [0.3, 0.4) is 0 Å². The molecule has 0 bridgehead atoms. The van der Waals surface area contributed by atoms with Crippen molar-refractivity contribution in [3.8, 4) is 5.75 Å². The predicted molar refractivity (Wildman–Crippen MR) is 122 cm³/mol. The summed E-state index contributed by atoms with van der Waals surface area (Å²) in [4.78, 5) is 14.3. The van der Waals surface area contributed by atoms with Crippen molar-refractivity contribution < 1.29 is 14.6 Å². The molecule has 0 amide bonds. The zero-order chi connectivity index (χ0) is 21.6. The number of hydrogen-bond acceptors (Lipinski definition) is 3. The van der Waals surface area contributed by atoms with Crippen LogP contribution >= 0.6 is 0 Å². The fourth-order valence-corrected chi connectivity index (χ4v) is 4.52. The Morgan fingerprint density at radius 3 is 2.39 bits per heavy atom.